The molecule has 2 heterocycles. The van der Waals surface area contributed by atoms with E-state index in [1.165, 1.54) is 23.5 Å². The number of carbonyl (C=O) groups is 1. The molecule has 9 heteroatoms. The number of ether oxygens (including phenoxy) is 1. The lowest BCUT2D eigenvalue weighted by Crippen LogP contribution is -2.10. The fraction of sp³-hybridized carbons (Fsp3) is 0.222. The highest BCUT2D eigenvalue weighted by Gasteiger charge is 2.18. The lowest BCUT2D eigenvalue weighted by atomic mass is 10.2. The van der Waals surface area contributed by atoms with Gasteiger partial charge in [-0.2, -0.15) is 0 Å². The number of thiazole rings is 1. The van der Waals surface area contributed by atoms with Crippen LogP contribution in [0, 0.1) is 0 Å². The second kappa shape index (κ2) is 7.53. The lowest BCUT2D eigenvalue weighted by Gasteiger charge is -2.09. The molecule has 0 aliphatic carbocycles. The van der Waals surface area contributed by atoms with Crippen molar-refractivity contribution in [3.63, 3.8) is 0 Å². The highest BCUT2D eigenvalue weighted by atomic mass is 32.2. The molecule has 0 bridgehead atoms. The van der Waals surface area contributed by atoms with Crippen molar-refractivity contribution >= 4 is 32.2 Å². The number of nitrogens with zero attached hydrogens (tertiary/aromatic N) is 1. The van der Waals surface area contributed by atoms with Gasteiger partial charge in [-0.25, -0.2) is 13.4 Å². The minimum atomic E-state index is -3.50. The van der Waals surface area contributed by atoms with Crippen LogP contribution in [0.3, 0.4) is 0 Å². The number of rotatable bonds is 6. The van der Waals surface area contributed by atoms with E-state index >= 15 is 0 Å². The van der Waals surface area contributed by atoms with Gasteiger partial charge < -0.3 is 9.15 Å². The summed E-state index contributed by atoms with van der Waals surface area (Å²) in [7, 11) is -3.50. The van der Waals surface area contributed by atoms with Crippen LogP contribution in [-0.4, -0.2) is 31.7 Å². The van der Waals surface area contributed by atoms with E-state index in [0.717, 1.165) is 17.6 Å². The number of hydrogen-bond donors (Lipinski definition) is 1. The standard InChI is InChI=1S/C18H18N2O5S2/c1-11(2)24-13-6-4-12(5-7-13)14-10-26-18(19-14)20-17(21)15-8-9-16(25-15)27(3,22)23/h4-11H,1-3H3,(H,19,20,21). The molecule has 0 saturated carbocycles. The predicted octanol–water partition coefficient (Wildman–Crippen LogP) is 3.85. The van der Waals surface area contributed by atoms with E-state index in [1.807, 2.05) is 43.5 Å². The third-order valence-electron chi connectivity index (χ3n) is 3.42. The van der Waals surface area contributed by atoms with E-state index in [4.69, 9.17) is 9.15 Å². The van der Waals surface area contributed by atoms with Crippen LogP contribution in [-0.2, 0) is 9.84 Å². The molecule has 3 aromatic rings. The van der Waals surface area contributed by atoms with Crippen LogP contribution in [0.25, 0.3) is 11.3 Å². The first kappa shape index (κ1) is 19.1. The molecule has 1 aromatic carbocycles. The van der Waals surface area contributed by atoms with Gasteiger partial charge in [0.2, 0.25) is 14.9 Å². The van der Waals surface area contributed by atoms with Gasteiger partial charge in [0.1, 0.15) is 5.75 Å². The van der Waals surface area contributed by atoms with E-state index in [1.54, 1.807) is 0 Å². The summed E-state index contributed by atoms with van der Waals surface area (Å²) in [5, 5.41) is 4.55. The minimum Gasteiger partial charge on any atom is -0.491 e. The zero-order valence-electron chi connectivity index (χ0n) is 14.9. The van der Waals surface area contributed by atoms with Crippen molar-refractivity contribution in [2.45, 2.75) is 25.0 Å². The molecule has 2 aromatic heterocycles. The Balaban J connectivity index is 1.70. The van der Waals surface area contributed by atoms with Gasteiger partial charge in [0.25, 0.3) is 5.91 Å². The summed E-state index contributed by atoms with van der Waals surface area (Å²) >= 11 is 1.26. The van der Waals surface area contributed by atoms with E-state index in [2.05, 4.69) is 10.3 Å². The molecule has 0 spiro atoms. The first-order valence-electron chi connectivity index (χ1n) is 8.06. The van der Waals surface area contributed by atoms with Gasteiger partial charge in [-0.3, -0.25) is 10.1 Å². The van der Waals surface area contributed by atoms with Gasteiger partial charge in [-0.1, -0.05) is 0 Å². The Kier molecular flexibility index (Phi) is 5.33. The van der Waals surface area contributed by atoms with Crippen molar-refractivity contribution in [3.8, 4) is 17.0 Å². The first-order valence-corrected chi connectivity index (χ1v) is 10.8. The number of nitrogens with one attached hydrogen (secondary N) is 1. The number of anilines is 1. The van der Waals surface area contributed by atoms with Gasteiger partial charge in [-0.05, 0) is 50.2 Å². The summed E-state index contributed by atoms with van der Waals surface area (Å²) in [6.07, 6.45) is 1.11. The summed E-state index contributed by atoms with van der Waals surface area (Å²) in [6, 6.07) is 10.1. The summed E-state index contributed by atoms with van der Waals surface area (Å²) < 4.78 is 33.5. The average molecular weight is 406 g/mol. The van der Waals surface area contributed by atoms with Gasteiger partial charge in [0, 0.05) is 17.2 Å². The highest BCUT2D eigenvalue weighted by Crippen LogP contribution is 2.27. The number of sulfone groups is 1. The second-order valence-electron chi connectivity index (χ2n) is 6.07. The van der Waals surface area contributed by atoms with Crippen LogP contribution in [0.1, 0.15) is 24.4 Å². The Bertz CT molecular complexity index is 1050. The van der Waals surface area contributed by atoms with Gasteiger partial charge in [0.05, 0.1) is 11.8 Å². The number of aromatic nitrogens is 1. The Labute approximate surface area is 160 Å². The third-order valence-corrected chi connectivity index (χ3v) is 5.13. The molecular weight excluding hydrogens is 388 g/mol. The first-order chi connectivity index (χ1) is 12.7. The highest BCUT2D eigenvalue weighted by molar-refractivity contribution is 7.90. The number of amides is 1. The van der Waals surface area contributed by atoms with E-state index in [9.17, 15) is 13.2 Å². The molecule has 0 aliphatic rings. The van der Waals surface area contributed by atoms with Crippen molar-refractivity contribution in [1.29, 1.82) is 0 Å². The van der Waals surface area contributed by atoms with E-state index in [0.29, 0.717) is 10.8 Å². The van der Waals surface area contributed by atoms with Crippen LogP contribution in [0.5, 0.6) is 5.75 Å². The average Bonchev–Trinajstić information content (AvgIpc) is 3.24. The van der Waals surface area contributed by atoms with Crippen LogP contribution in [0.15, 0.2) is 51.3 Å². The summed E-state index contributed by atoms with van der Waals surface area (Å²) in [4.78, 5) is 16.6. The van der Waals surface area contributed by atoms with E-state index in [-0.39, 0.29) is 17.0 Å². The molecule has 0 radical (unpaired) electrons. The zero-order chi connectivity index (χ0) is 19.6. The summed E-state index contributed by atoms with van der Waals surface area (Å²) in [5.41, 5.74) is 1.60. The smallest absolute Gasteiger partial charge is 0.293 e. The second-order valence-corrected chi connectivity index (χ2v) is 8.88. The number of hydrogen-bond acceptors (Lipinski definition) is 7. The van der Waals surface area contributed by atoms with Crippen LogP contribution in [0.2, 0.25) is 0 Å². The number of furan rings is 1. The normalized spacial score (nSPS) is 11.6. The van der Waals surface area contributed by atoms with Crippen LogP contribution < -0.4 is 10.1 Å². The van der Waals surface area contributed by atoms with Gasteiger partial charge in [-0.15, -0.1) is 11.3 Å². The Morgan fingerprint density at radius 2 is 1.89 bits per heavy atom. The van der Waals surface area contributed by atoms with Crippen molar-refractivity contribution < 1.29 is 22.4 Å². The maximum Gasteiger partial charge on any atom is 0.293 e. The summed E-state index contributed by atoms with van der Waals surface area (Å²) in [5.74, 6) is 0.117. The topological polar surface area (TPSA) is 98.5 Å². The maximum atomic E-state index is 12.2. The number of carbonyl (C=O) groups excluding carboxylic acids is 1. The number of benzene rings is 1. The molecule has 7 nitrogen and oxygen atoms in total. The molecule has 27 heavy (non-hydrogen) atoms. The van der Waals surface area contributed by atoms with Crippen LogP contribution in [0.4, 0.5) is 5.13 Å². The van der Waals surface area contributed by atoms with Gasteiger partial charge in [0.15, 0.2) is 10.9 Å². The fourth-order valence-corrected chi connectivity index (χ4v) is 3.51. The SMILES string of the molecule is CC(C)Oc1ccc(-c2csc(NC(=O)c3ccc(S(C)(=O)=O)o3)n2)cc1. The van der Waals surface area contributed by atoms with Crippen LogP contribution >= 0.6 is 11.3 Å². The predicted molar refractivity (Wildman–Crippen MR) is 103 cm³/mol. The molecule has 1 N–H and O–H groups in total. The molecular formula is C18H18N2O5S2. The van der Waals surface area contributed by atoms with Crippen molar-refractivity contribution in [2.24, 2.45) is 0 Å². The third kappa shape index (κ3) is 4.75. The molecule has 0 aliphatic heterocycles. The molecule has 0 fully saturated rings. The molecule has 0 saturated heterocycles. The zero-order valence-corrected chi connectivity index (χ0v) is 16.6. The molecule has 142 valence electrons. The molecule has 1 amide bonds. The Morgan fingerprint density at radius 3 is 2.48 bits per heavy atom. The molecule has 3 rings (SSSR count). The maximum absolute atomic E-state index is 12.2. The quantitative estimate of drug-likeness (QED) is 0.668. The molecule has 0 unspecified atom stereocenters. The van der Waals surface area contributed by atoms with Crippen molar-refractivity contribution in [2.75, 3.05) is 11.6 Å². The minimum absolute atomic E-state index is 0.0950. The lowest BCUT2D eigenvalue weighted by molar-refractivity contribution is 0.0991. The fourth-order valence-electron chi connectivity index (χ4n) is 2.24. The Morgan fingerprint density at radius 1 is 1.19 bits per heavy atom. The largest absolute Gasteiger partial charge is 0.491 e. The summed E-state index contributed by atoms with van der Waals surface area (Å²) in [6.45, 7) is 3.92. The molecule has 0 atom stereocenters. The van der Waals surface area contributed by atoms with Gasteiger partial charge >= 0.3 is 0 Å². The monoisotopic (exact) mass is 406 g/mol. The van der Waals surface area contributed by atoms with E-state index < -0.39 is 15.7 Å². The van der Waals surface area contributed by atoms with Crippen molar-refractivity contribution in [1.82, 2.24) is 4.98 Å². The van der Waals surface area contributed by atoms with Crippen molar-refractivity contribution in [3.05, 3.63) is 47.5 Å². The Hall–Kier alpha value is -2.65.